The van der Waals surface area contributed by atoms with Gasteiger partial charge in [0.05, 0.1) is 0 Å². The number of para-hydroxylation sites is 1. The number of aromatic nitrogens is 3. The van der Waals surface area contributed by atoms with Crippen LogP contribution >= 0.6 is 11.3 Å². The minimum atomic E-state index is 0.574. The number of thiophene rings is 1. The molecule has 0 saturated heterocycles. The van der Waals surface area contributed by atoms with E-state index >= 15 is 0 Å². The maximum atomic E-state index is 6.58. The van der Waals surface area contributed by atoms with Crippen LogP contribution in [0.4, 0.5) is 0 Å². The molecule has 0 N–H and O–H groups in total. The lowest BCUT2D eigenvalue weighted by Crippen LogP contribution is -2.00. The molecular weight excluding hydrogens is 647 g/mol. The van der Waals surface area contributed by atoms with E-state index in [9.17, 15) is 0 Å². The Morgan fingerprint density at radius 2 is 0.961 bits per heavy atom. The van der Waals surface area contributed by atoms with Gasteiger partial charge in [-0.05, 0) is 59.7 Å². The van der Waals surface area contributed by atoms with Crippen LogP contribution < -0.4 is 0 Å². The van der Waals surface area contributed by atoms with E-state index in [1.807, 2.05) is 78.1 Å². The molecule has 4 heterocycles. The lowest BCUT2D eigenvalue weighted by atomic mass is 9.98. The highest BCUT2D eigenvalue weighted by atomic mass is 32.1. The monoisotopic (exact) mass is 671 g/mol. The lowest BCUT2D eigenvalue weighted by Gasteiger charge is -2.09. The molecule has 0 bridgehead atoms. The Hall–Kier alpha value is -6.63. The van der Waals surface area contributed by atoms with Crippen LogP contribution in [0, 0.1) is 0 Å². The molecule has 5 nitrogen and oxygen atoms in total. The van der Waals surface area contributed by atoms with Crippen LogP contribution in [-0.2, 0) is 0 Å². The Bertz CT molecular complexity index is 3160. The molecule has 0 aliphatic carbocycles. The second-order valence-corrected chi connectivity index (χ2v) is 13.8. The van der Waals surface area contributed by atoms with Gasteiger partial charge in [0.25, 0.3) is 0 Å². The topological polar surface area (TPSA) is 65.0 Å². The van der Waals surface area contributed by atoms with Gasteiger partial charge in [-0.1, -0.05) is 103 Å². The first kappa shape index (κ1) is 28.2. The molecule has 4 aromatic heterocycles. The van der Waals surface area contributed by atoms with Gasteiger partial charge in [-0.15, -0.1) is 11.3 Å². The van der Waals surface area contributed by atoms with Crippen molar-refractivity contribution in [2.45, 2.75) is 0 Å². The zero-order chi connectivity index (χ0) is 33.5. The van der Waals surface area contributed by atoms with Gasteiger partial charge < -0.3 is 8.83 Å². The summed E-state index contributed by atoms with van der Waals surface area (Å²) in [6.45, 7) is 0. The summed E-state index contributed by atoms with van der Waals surface area (Å²) >= 11 is 1.83. The molecule has 0 fully saturated rings. The zero-order valence-electron chi connectivity index (χ0n) is 27.0. The molecule has 0 unspecified atom stereocenters. The van der Waals surface area contributed by atoms with Crippen molar-refractivity contribution in [3.05, 3.63) is 152 Å². The SMILES string of the molecule is c1ccc(-c2nc(-c3ccc4c(c3)oc3ccccc34)nc(-c3cccc4oc5cc(-c6cccc7sc8ccccc8c67)ccc5c34)n2)cc1. The Labute approximate surface area is 295 Å². The fourth-order valence-corrected chi connectivity index (χ4v) is 8.53. The minimum Gasteiger partial charge on any atom is -0.456 e. The molecule has 0 amide bonds. The first-order valence-corrected chi connectivity index (χ1v) is 17.7. The average molecular weight is 672 g/mol. The summed E-state index contributed by atoms with van der Waals surface area (Å²) in [7, 11) is 0. The van der Waals surface area contributed by atoms with Crippen LogP contribution in [0.1, 0.15) is 0 Å². The quantitative estimate of drug-likeness (QED) is 0.186. The zero-order valence-corrected chi connectivity index (χ0v) is 27.8. The molecule has 11 aromatic rings. The third-order valence-electron chi connectivity index (χ3n) is 9.76. The first-order chi connectivity index (χ1) is 25.2. The van der Waals surface area contributed by atoms with Crippen LogP contribution in [0.25, 0.3) is 109 Å². The normalized spacial score (nSPS) is 11.9. The van der Waals surface area contributed by atoms with Crippen LogP contribution in [0.15, 0.2) is 160 Å². The molecule has 6 heteroatoms. The van der Waals surface area contributed by atoms with E-state index in [0.717, 1.165) is 66.1 Å². The summed E-state index contributed by atoms with van der Waals surface area (Å²) in [6, 6.07) is 52.1. The third kappa shape index (κ3) is 4.43. The summed E-state index contributed by atoms with van der Waals surface area (Å²) < 4.78 is 15.4. The van der Waals surface area contributed by atoms with E-state index < -0.39 is 0 Å². The molecular formula is C45H25N3O2S. The number of fused-ring (bicyclic) bond motifs is 9. The van der Waals surface area contributed by atoms with Gasteiger partial charge in [0.2, 0.25) is 0 Å². The summed E-state index contributed by atoms with van der Waals surface area (Å²) in [4.78, 5) is 15.2. The van der Waals surface area contributed by atoms with Crippen molar-refractivity contribution in [2.75, 3.05) is 0 Å². The number of hydrogen-bond donors (Lipinski definition) is 0. The highest BCUT2D eigenvalue weighted by Crippen LogP contribution is 2.43. The number of rotatable bonds is 4. The largest absolute Gasteiger partial charge is 0.456 e. The first-order valence-electron chi connectivity index (χ1n) is 16.8. The number of furan rings is 2. The number of hydrogen-bond acceptors (Lipinski definition) is 6. The molecule has 11 rings (SSSR count). The molecule has 7 aromatic carbocycles. The second kappa shape index (κ2) is 10.9. The van der Waals surface area contributed by atoms with Gasteiger partial charge in [-0.2, -0.15) is 0 Å². The maximum Gasteiger partial charge on any atom is 0.164 e. The van der Waals surface area contributed by atoms with E-state index in [1.165, 1.54) is 25.7 Å². The van der Waals surface area contributed by atoms with Crippen molar-refractivity contribution in [1.29, 1.82) is 0 Å². The molecule has 0 radical (unpaired) electrons. The van der Waals surface area contributed by atoms with Crippen molar-refractivity contribution >= 4 is 75.4 Å². The fourth-order valence-electron chi connectivity index (χ4n) is 7.40. The van der Waals surface area contributed by atoms with Crippen LogP contribution in [0.5, 0.6) is 0 Å². The van der Waals surface area contributed by atoms with Gasteiger partial charge in [-0.3, -0.25) is 0 Å². The van der Waals surface area contributed by atoms with Crippen LogP contribution in [0.3, 0.4) is 0 Å². The third-order valence-corrected chi connectivity index (χ3v) is 10.9. The molecule has 0 atom stereocenters. The number of nitrogens with zero attached hydrogens (tertiary/aromatic N) is 3. The fraction of sp³-hybridized carbons (Fsp3) is 0. The van der Waals surface area contributed by atoms with E-state index in [-0.39, 0.29) is 0 Å². The lowest BCUT2D eigenvalue weighted by molar-refractivity contribution is 0.668. The molecule has 0 aliphatic rings. The molecule has 0 spiro atoms. The predicted octanol–water partition coefficient (Wildman–Crippen LogP) is 12.7. The molecule has 0 saturated carbocycles. The van der Waals surface area contributed by atoms with Gasteiger partial charge in [-0.25, -0.2) is 15.0 Å². The van der Waals surface area contributed by atoms with E-state index in [1.54, 1.807) is 0 Å². The smallest absolute Gasteiger partial charge is 0.164 e. The number of benzene rings is 7. The predicted molar refractivity (Wildman–Crippen MR) is 209 cm³/mol. The van der Waals surface area contributed by atoms with Crippen molar-refractivity contribution in [2.24, 2.45) is 0 Å². The minimum absolute atomic E-state index is 0.574. The standard InChI is InChI=1S/C45H25N3O2S/c1-2-10-26(11-3-1)43-46-44(28-21-22-31-30-12-4-6-16-35(30)49-37(31)25-28)48-45(47-43)34-15-8-17-36-41(34)32-23-20-27(24-38(32)50-36)29-14-9-19-40-42(29)33-13-5-7-18-39(33)51-40/h1-25H. The van der Waals surface area contributed by atoms with E-state index in [4.69, 9.17) is 23.8 Å². The molecule has 238 valence electrons. The summed E-state index contributed by atoms with van der Waals surface area (Å²) in [6.07, 6.45) is 0. The van der Waals surface area contributed by atoms with E-state index in [2.05, 4.69) is 84.9 Å². The average Bonchev–Trinajstić information content (AvgIpc) is 3.88. The molecule has 51 heavy (non-hydrogen) atoms. The van der Waals surface area contributed by atoms with Crippen molar-refractivity contribution in [3.63, 3.8) is 0 Å². The van der Waals surface area contributed by atoms with Crippen molar-refractivity contribution in [3.8, 4) is 45.3 Å². The van der Waals surface area contributed by atoms with Crippen molar-refractivity contribution in [1.82, 2.24) is 15.0 Å². The summed E-state index contributed by atoms with van der Waals surface area (Å²) in [5, 5.41) is 6.69. The maximum absolute atomic E-state index is 6.58. The Kier molecular flexibility index (Phi) is 6.05. The summed E-state index contributed by atoms with van der Waals surface area (Å²) in [5.74, 6) is 1.75. The Morgan fingerprint density at radius 3 is 1.88 bits per heavy atom. The van der Waals surface area contributed by atoms with Gasteiger partial charge in [0, 0.05) is 58.4 Å². The van der Waals surface area contributed by atoms with Crippen LogP contribution in [-0.4, -0.2) is 15.0 Å². The van der Waals surface area contributed by atoms with Gasteiger partial charge >= 0.3 is 0 Å². The van der Waals surface area contributed by atoms with Gasteiger partial charge in [0.1, 0.15) is 22.3 Å². The Balaban J connectivity index is 1.10. The van der Waals surface area contributed by atoms with E-state index in [0.29, 0.717) is 17.5 Å². The highest BCUT2D eigenvalue weighted by Gasteiger charge is 2.20. The van der Waals surface area contributed by atoms with Gasteiger partial charge in [0.15, 0.2) is 17.5 Å². The second-order valence-electron chi connectivity index (χ2n) is 12.8. The Morgan fingerprint density at radius 1 is 0.353 bits per heavy atom. The highest BCUT2D eigenvalue weighted by molar-refractivity contribution is 7.25. The van der Waals surface area contributed by atoms with Crippen LogP contribution in [0.2, 0.25) is 0 Å². The summed E-state index contributed by atoms with van der Waals surface area (Å²) in [5.41, 5.74) is 8.22. The van der Waals surface area contributed by atoms with Crippen molar-refractivity contribution < 1.29 is 8.83 Å². The molecule has 0 aliphatic heterocycles.